The molecule has 38 heavy (non-hydrogen) atoms. The van der Waals surface area contributed by atoms with Crippen LogP contribution in [-0.4, -0.2) is 50.9 Å². The van der Waals surface area contributed by atoms with Crippen LogP contribution >= 0.6 is 0 Å². The number of rotatable bonds is 6. The van der Waals surface area contributed by atoms with Gasteiger partial charge in [0, 0.05) is 42.1 Å². The van der Waals surface area contributed by atoms with Crippen molar-refractivity contribution in [3.63, 3.8) is 0 Å². The molecule has 4 rings (SSSR count). The normalized spacial score (nSPS) is 18.0. The van der Waals surface area contributed by atoms with Crippen LogP contribution in [0.1, 0.15) is 60.5 Å². The quantitative estimate of drug-likeness (QED) is 0.369. The molecule has 202 valence electrons. The molecule has 3 aromatic rings. The Kier molecular flexibility index (Phi) is 7.73. The fourth-order valence-corrected chi connectivity index (χ4v) is 4.43. The maximum Gasteiger partial charge on any atom is 0.401 e. The number of alkyl halides is 5. The van der Waals surface area contributed by atoms with Gasteiger partial charge in [0.1, 0.15) is 11.6 Å². The molecule has 1 aromatic carbocycles. The fourth-order valence-electron chi connectivity index (χ4n) is 4.43. The highest BCUT2D eigenvalue weighted by Crippen LogP contribution is 2.43. The van der Waals surface area contributed by atoms with E-state index in [1.807, 2.05) is 13.8 Å². The molecular formula is C26H25F6N5O. The first-order chi connectivity index (χ1) is 17.8. The number of nitrogens with one attached hydrogen (secondary N) is 1. The molecule has 0 aliphatic carbocycles. The average molecular weight is 538 g/mol. The van der Waals surface area contributed by atoms with Crippen LogP contribution in [-0.2, 0) is 0 Å². The summed E-state index contributed by atoms with van der Waals surface area (Å²) in [6.07, 6.45) is -1.93. The average Bonchev–Trinajstić information content (AvgIpc) is 2.83. The van der Waals surface area contributed by atoms with Gasteiger partial charge in [-0.05, 0) is 18.6 Å². The van der Waals surface area contributed by atoms with Gasteiger partial charge in [-0.3, -0.25) is 14.7 Å². The van der Waals surface area contributed by atoms with Crippen LogP contribution in [0.3, 0.4) is 0 Å². The van der Waals surface area contributed by atoms with Gasteiger partial charge >= 0.3 is 6.18 Å². The number of nitrogens with zero attached hydrogens (tertiary/aromatic N) is 4. The van der Waals surface area contributed by atoms with E-state index in [2.05, 4.69) is 20.3 Å². The molecule has 2 aromatic heterocycles. The summed E-state index contributed by atoms with van der Waals surface area (Å²) in [6.45, 7) is 1.01. The van der Waals surface area contributed by atoms with Crippen molar-refractivity contribution < 1.29 is 31.1 Å². The summed E-state index contributed by atoms with van der Waals surface area (Å²) in [5.74, 6) is -4.18. The number of carbonyl (C=O) groups is 1. The molecule has 1 atom stereocenters. The van der Waals surface area contributed by atoms with Gasteiger partial charge in [-0.25, -0.2) is 23.1 Å². The van der Waals surface area contributed by atoms with Crippen LogP contribution in [0, 0.1) is 5.82 Å². The summed E-state index contributed by atoms with van der Waals surface area (Å²) in [6, 6.07) is 5.84. The second kappa shape index (κ2) is 10.7. The molecule has 0 radical (unpaired) electrons. The Morgan fingerprint density at radius 1 is 1.11 bits per heavy atom. The van der Waals surface area contributed by atoms with Crippen LogP contribution in [0.4, 0.5) is 32.0 Å². The zero-order chi connectivity index (χ0) is 27.7. The van der Waals surface area contributed by atoms with Crippen molar-refractivity contribution in [3.8, 4) is 11.1 Å². The lowest BCUT2D eigenvalue weighted by atomic mass is 9.92. The second-order valence-corrected chi connectivity index (χ2v) is 9.47. The van der Waals surface area contributed by atoms with Crippen molar-refractivity contribution in [1.29, 1.82) is 0 Å². The molecule has 1 aliphatic rings. The Balaban J connectivity index is 1.81. The Morgan fingerprint density at radius 2 is 1.79 bits per heavy atom. The van der Waals surface area contributed by atoms with Crippen molar-refractivity contribution in [3.05, 3.63) is 71.8 Å². The molecule has 1 fully saturated rings. The molecule has 1 unspecified atom stereocenters. The molecule has 1 amide bonds. The standard InChI is InChI=1S/C26H25F6N5O/c1-15(2)23-34-11-16(12-35-23)24(38)36-21-18(17-5-3-4-6-19(17)27)8-10-33-22(21)20-7-9-25(28,29)13-37(20)14-26(30,31)32/h3-6,8,10-12,15,20H,7,9,13-14H2,1-2H3,(H,36,38). The number of hydrogen-bond donors (Lipinski definition) is 1. The van der Waals surface area contributed by atoms with Crippen LogP contribution in [0.2, 0.25) is 0 Å². The number of benzene rings is 1. The third-order valence-electron chi connectivity index (χ3n) is 6.19. The monoisotopic (exact) mass is 537 g/mol. The van der Waals surface area contributed by atoms with E-state index in [-0.39, 0.29) is 40.4 Å². The van der Waals surface area contributed by atoms with E-state index < -0.39 is 49.4 Å². The van der Waals surface area contributed by atoms with Gasteiger partial charge in [-0.2, -0.15) is 13.2 Å². The molecule has 0 bridgehead atoms. The molecule has 1 aliphatic heterocycles. The van der Waals surface area contributed by atoms with Gasteiger partial charge in [0.25, 0.3) is 11.8 Å². The second-order valence-electron chi connectivity index (χ2n) is 9.47. The van der Waals surface area contributed by atoms with Crippen LogP contribution in [0.5, 0.6) is 0 Å². The Morgan fingerprint density at radius 3 is 2.42 bits per heavy atom. The Bertz CT molecular complexity index is 1290. The first kappa shape index (κ1) is 27.5. The van der Waals surface area contributed by atoms with Crippen LogP contribution in [0.25, 0.3) is 11.1 Å². The summed E-state index contributed by atoms with van der Waals surface area (Å²) in [5.41, 5.74) is 0.106. The van der Waals surface area contributed by atoms with Crippen molar-refractivity contribution in [2.75, 3.05) is 18.4 Å². The third-order valence-corrected chi connectivity index (χ3v) is 6.19. The summed E-state index contributed by atoms with van der Waals surface area (Å²) < 4.78 is 83.2. The van der Waals surface area contributed by atoms with Gasteiger partial charge < -0.3 is 5.32 Å². The molecular weight excluding hydrogens is 512 g/mol. The number of anilines is 1. The van der Waals surface area contributed by atoms with E-state index in [1.54, 1.807) is 6.07 Å². The molecule has 0 saturated carbocycles. The van der Waals surface area contributed by atoms with E-state index in [1.165, 1.54) is 42.9 Å². The molecule has 6 nitrogen and oxygen atoms in total. The zero-order valence-electron chi connectivity index (χ0n) is 20.6. The number of carbonyl (C=O) groups excluding carboxylic acids is 1. The van der Waals surface area contributed by atoms with E-state index in [0.29, 0.717) is 10.7 Å². The van der Waals surface area contributed by atoms with Crippen molar-refractivity contribution >= 4 is 11.6 Å². The van der Waals surface area contributed by atoms with E-state index in [9.17, 15) is 31.1 Å². The summed E-state index contributed by atoms with van der Waals surface area (Å²) in [5, 5.41) is 2.63. The number of likely N-dealkylation sites (tertiary alicyclic amines) is 1. The van der Waals surface area contributed by atoms with Gasteiger partial charge in [0.2, 0.25) is 0 Å². The number of aromatic nitrogens is 3. The zero-order valence-corrected chi connectivity index (χ0v) is 20.6. The van der Waals surface area contributed by atoms with Gasteiger partial charge in [0.15, 0.2) is 0 Å². The fraction of sp³-hybridized carbons (Fsp3) is 0.385. The highest BCUT2D eigenvalue weighted by atomic mass is 19.4. The predicted molar refractivity (Wildman–Crippen MR) is 128 cm³/mol. The van der Waals surface area contributed by atoms with Crippen LogP contribution < -0.4 is 5.32 Å². The van der Waals surface area contributed by atoms with E-state index in [0.717, 1.165) is 0 Å². The molecule has 3 heterocycles. The minimum atomic E-state index is -4.76. The highest BCUT2D eigenvalue weighted by Gasteiger charge is 2.45. The lowest BCUT2D eigenvalue weighted by molar-refractivity contribution is -0.173. The maximum absolute atomic E-state index is 14.8. The summed E-state index contributed by atoms with van der Waals surface area (Å²) in [7, 11) is 0. The number of piperidine rings is 1. The number of halogens is 6. The largest absolute Gasteiger partial charge is 0.401 e. The highest BCUT2D eigenvalue weighted by molar-refractivity contribution is 6.06. The van der Waals surface area contributed by atoms with E-state index >= 15 is 0 Å². The molecule has 0 spiro atoms. The van der Waals surface area contributed by atoms with Crippen molar-refractivity contribution in [2.45, 2.75) is 50.7 Å². The summed E-state index contributed by atoms with van der Waals surface area (Å²) >= 11 is 0. The van der Waals surface area contributed by atoms with Gasteiger partial charge in [-0.1, -0.05) is 32.0 Å². The van der Waals surface area contributed by atoms with E-state index in [4.69, 9.17) is 0 Å². The topological polar surface area (TPSA) is 71.0 Å². The maximum atomic E-state index is 14.8. The first-order valence-electron chi connectivity index (χ1n) is 11.9. The van der Waals surface area contributed by atoms with Crippen LogP contribution in [0.15, 0.2) is 48.9 Å². The summed E-state index contributed by atoms with van der Waals surface area (Å²) in [4.78, 5) is 26.3. The van der Waals surface area contributed by atoms with Crippen molar-refractivity contribution in [1.82, 2.24) is 19.9 Å². The lowest BCUT2D eigenvalue weighted by Gasteiger charge is -2.40. The Hall–Kier alpha value is -3.54. The SMILES string of the molecule is CC(C)c1ncc(C(=O)Nc2c(-c3ccccc3F)ccnc2C2CCC(F)(F)CN2CC(F)(F)F)cn1. The molecule has 1 N–H and O–H groups in total. The number of hydrogen-bond acceptors (Lipinski definition) is 5. The molecule has 1 saturated heterocycles. The minimum Gasteiger partial charge on any atom is -0.320 e. The van der Waals surface area contributed by atoms with Crippen molar-refractivity contribution in [2.24, 2.45) is 0 Å². The lowest BCUT2D eigenvalue weighted by Crippen LogP contribution is -2.48. The number of pyridine rings is 1. The predicted octanol–water partition coefficient (Wildman–Crippen LogP) is 6.39. The molecule has 12 heteroatoms. The van der Waals surface area contributed by atoms with Gasteiger partial charge in [0.05, 0.1) is 36.1 Å². The first-order valence-corrected chi connectivity index (χ1v) is 11.9. The number of amides is 1. The minimum absolute atomic E-state index is 0.00809. The Labute approximate surface area is 215 Å². The smallest absolute Gasteiger partial charge is 0.320 e. The van der Waals surface area contributed by atoms with Gasteiger partial charge in [-0.15, -0.1) is 0 Å². The third kappa shape index (κ3) is 6.29.